The summed E-state index contributed by atoms with van der Waals surface area (Å²) in [5, 5.41) is 2.75. The monoisotopic (exact) mass is 263 g/mol. The molecule has 2 aromatic rings. The number of anilines is 1. The van der Waals surface area contributed by atoms with Crippen molar-refractivity contribution in [2.24, 2.45) is 0 Å². The lowest BCUT2D eigenvalue weighted by molar-refractivity contribution is 0.101. The second-order valence-corrected chi connectivity index (χ2v) is 4.32. The molecule has 0 saturated carbocycles. The molecule has 3 heteroatoms. The van der Waals surface area contributed by atoms with Crippen molar-refractivity contribution in [2.45, 2.75) is 6.92 Å². The van der Waals surface area contributed by atoms with Crippen LogP contribution in [-0.4, -0.2) is 11.7 Å². The van der Waals surface area contributed by atoms with Crippen molar-refractivity contribution >= 4 is 17.4 Å². The molecule has 0 heterocycles. The van der Waals surface area contributed by atoms with Crippen molar-refractivity contribution in [3.8, 4) is 12.3 Å². The van der Waals surface area contributed by atoms with Gasteiger partial charge in [-0.25, -0.2) is 0 Å². The van der Waals surface area contributed by atoms with Gasteiger partial charge in [0.1, 0.15) is 0 Å². The number of carbonyl (C=O) groups excluding carboxylic acids is 2. The first-order valence-corrected chi connectivity index (χ1v) is 6.09. The Morgan fingerprint density at radius 3 is 2.45 bits per heavy atom. The average Bonchev–Trinajstić information content (AvgIpc) is 2.47. The molecule has 0 atom stereocenters. The molecular weight excluding hydrogens is 250 g/mol. The van der Waals surface area contributed by atoms with Crippen LogP contribution in [0.15, 0.2) is 48.5 Å². The van der Waals surface area contributed by atoms with Crippen molar-refractivity contribution in [2.75, 3.05) is 5.32 Å². The van der Waals surface area contributed by atoms with Crippen molar-refractivity contribution in [3.05, 3.63) is 65.2 Å². The molecule has 0 unspecified atom stereocenters. The van der Waals surface area contributed by atoms with Gasteiger partial charge in [0.25, 0.3) is 5.91 Å². The molecule has 20 heavy (non-hydrogen) atoms. The van der Waals surface area contributed by atoms with Crippen LogP contribution in [0.1, 0.15) is 33.2 Å². The van der Waals surface area contributed by atoms with Crippen LogP contribution in [-0.2, 0) is 0 Å². The lowest BCUT2D eigenvalue weighted by Crippen LogP contribution is -2.12. The van der Waals surface area contributed by atoms with Crippen molar-refractivity contribution < 1.29 is 9.59 Å². The molecular formula is C17H13NO2. The molecule has 0 aliphatic rings. The Balaban J connectivity index is 2.21. The highest BCUT2D eigenvalue weighted by Gasteiger charge is 2.07. The average molecular weight is 263 g/mol. The fraction of sp³-hybridized carbons (Fsp3) is 0.0588. The van der Waals surface area contributed by atoms with Crippen LogP contribution < -0.4 is 5.32 Å². The van der Waals surface area contributed by atoms with E-state index in [2.05, 4.69) is 11.2 Å². The molecule has 0 aromatic heterocycles. The lowest BCUT2D eigenvalue weighted by Gasteiger charge is -2.06. The van der Waals surface area contributed by atoms with Crippen LogP contribution in [0.25, 0.3) is 0 Å². The van der Waals surface area contributed by atoms with Crippen LogP contribution in [0.3, 0.4) is 0 Å². The summed E-state index contributed by atoms with van der Waals surface area (Å²) in [5.74, 6) is 2.18. The van der Waals surface area contributed by atoms with E-state index in [1.165, 1.54) is 6.92 Å². The van der Waals surface area contributed by atoms with Crippen LogP contribution in [0.2, 0.25) is 0 Å². The number of rotatable bonds is 3. The summed E-state index contributed by atoms with van der Waals surface area (Å²) in [6, 6.07) is 13.6. The largest absolute Gasteiger partial charge is 0.322 e. The van der Waals surface area contributed by atoms with E-state index in [0.717, 1.165) is 0 Å². The molecule has 1 amide bonds. The normalized spacial score (nSPS) is 9.60. The molecule has 98 valence electrons. The Labute approximate surface area is 117 Å². The van der Waals surface area contributed by atoms with E-state index in [9.17, 15) is 9.59 Å². The van der Waals surface area contributed by atoms with Crippen molar-refractivity contribution in [3.63, 3.8) is 0 Å². The third kappa shape index (κ3) is 3.12. The van der Waals surface area contributed by atoms with Gasteiger partial charge in [0.05, 0.1) is 0 Å². The van der Waals surface area contributed by atoms with Gasteiger partial charge in [-0.1, -0.05) is 24.1 Å². The molecule has 0 spiro atoms. The Morgan fingerprint density at radius 2 is 1.75 bits per heavy atom. The van der Waals surface area contributed by atoms with E-state index in [1.54, 1.807) is 48.5 Å². The van der Waals surface area contributed by atoms with Gasteiger partial charge in [0.15, 0.2) is 5.78 Å². The number of hydrogen-bond acceptors (Lipinski definition) is 2. The third-order valence-corrected chi connectivity index (χ3v) is 2.82. The molecule has 0 aliphatic heterocycles. The summed E-state index contributed by atoms with van der Waals surface area (Å²) in [4.78, 5) is 23.4. The van der Waals surface area contributed by atoms with E-state index in [4.69, 9.17) is 6.42 Å². The Hall–Kier alpha value is -2.86. The second-order valence-electron chi connectivity index (χ2n) is 4.32. The Kier molecular flexibility index (Phi) is 3.97. The zero-order chi connectivity index (χ0) is 14.5. The Bertz CT molecular complexity index is 711. The lowest BCUT2D eigenvalue weighted by atomic mass is 10.1. The number of Topliss-reactive ketones (excluding diaryl/α,β-unsaturated/α-hetero) is 1. The number of benzene rings is 2. The maximum atomic E-state index is 12.1. The van der Waals surface area contributed by atoms with Crippen LogP contribution in [0, 0.1) is 12.3 Å². The van der Waals surface area contributed by atoms with E-state index >= 15 is 0 Å². The summed E-state index contributed by atoms with van der Waals surface area (Å²) in [6.07, 6.45) is 5.31. The minimum absolute atomic E-state index is 0.0459. The minimum atomic E-state index is -0.261. The van der Waals surface area contributed by atoms with E-state index in [0.29, 0.717) is 22.4 Å². The quantitative estimate of drug-likeness (QED) is 0.683. The SMILES string of the molecule is C#Cc1cccc(C(=O)Nc2cccc(C(C)=O)c2)c1. The molecule has 1 N–H and O–H groups in total. The van der Waals surface area contributed by atoms with Gasteiger partial charge in [-0.2, -0.15) is 0 Å². The number of ketones is 1. The molecule has 0 saturated heterocycles. The first-order valence-electron chi connectivity index (χ1n) is 6.09. The van der Waals surface area contributed by atoms with Crippen molar-refractivity contribution in [1.29, 1.82) is 0 Å². The fourth-order valence-electron chi connectivity index (χ4n) is 1.77. The molecule has 0 aliphatic carbocycles. The second kappa shape index (κ2) is 5.85. The molecule has 0 fully saturated rings. The number of amides is 1. The van der Waals surface area contributed by atoms with Gasteiger partial charge in [-0.05, 0) is 37.3 Å². The van der Waals surface area contributed by atoms with Crippen LogP contribution in [0.5, 0.6) is 0 Å². The highest BCUT2D eigenvalue weighted by Crippen LogP contribution is 2.13. The number of terminal acetylenes is 1. The fourth-order valence-corrected chi connectivity index (χ4v) is 1.77. The van der Waals surface area contributed by atoms with Crippen LogP contribution in [0.4, 0.5) is 5.69 Å². The maximum absolute atomic E-state index is 12.1. The topological polar surface area (TPSA) is 46.2 Å². The molecule has 0 radical (unpaired) electrons. The standard InChI is InChI=1S/C17H13NO2/c1-3-13-6-4-8-15(10-13)17(20)18-16-9-5-7-14(11-16)12(2)19/h1,4-11H,2H3,(H,18,20). The predicted octanol–water partition coefficient (Wildman–Crippen LogP) is 3.12. The summed E-state index contributed by atoms with van der Waals surface area (Å²) in [7, 11) is 0. The van der Waals surface area contributed by atoms with Gasteiger partial charge < -0.3 is 5.32 Å². The summed E-state index contributed by atoms with van der Waals surface area (Å²) in [5.41, 5.74) is 2.26. The van der Waals surface area contributed by atoms with E-state index in [-0.39, 0.29) is 11.7 Å². The maximum Gasteiger partial charge on any atom is 0.255 e. The number of nitrogens with one attached hydrogen (secondary N) is 1. The highest BCUT2D eigenvalue weighted by molar-refractivity contribution is 6.05. The minimum Gasteiger partial charge on any atom is -0.322 e. The van der Waals surface area contributed by atoms with Gasteiger partial charge in [-0.3, -0.25) is 9.59 Å². The zero-order valence-corrected chi connectivity index (χ0v) is 11.0. The summed E-state index contributed by atoms with van der Waals surface area (Å²) >= 11 is 0. The molecule has 2 aromatic carbocycles. The molecule has 0 bridgehead atoms. The zero-order valence-electron chi connectivity index (χ0n) is 11.0. The Morgan fingerprint density at radius 1 is 1.05 bits per heavy atom. The van der Waals surface area contributed by atoms with Gasteiger partial charge in [0.2, 0.25) is 0 Å². The predicted molar refractivity (Wildman–Crippen MR) is 78.8 cm³/mol. The van der Waals surface area contributed by atoms with E-state index < -0.39 is 0 Å². The summed E-state index contributed by atoms with van der Waals surface area (Å²) in [6.45, 7) is 1.48. The first-order chi connectivity index (χ1) is 9.60. The van der Waals surface area contributed by atoms with Crippen molar-refractivity contribution in [1.82, 2.24) is 0 Å². The third-order valence-electron chi connectivity index (χ3n) is 2.82. The number of carbonyl (C=O) groups is 2. The summed E-state index contributed by atoms with van der Waals surface area (Å²) < 4.78 is 0. The molecule has 2 rings (SSSR count). The van der Waals surface area contributed by atoms with E-state index in [1.807, 2.05) is 0 Å². The first kappa shape index (κ1) is 13.6. The van der Waals surface area contributed by atoms with Gasteiger partial charge in [-0.15, -0.1) is 6.42 Å². The molecule has 3 nitrogen and oxygen atoms in total. The number of hydrogen-bond donors (Lipinski definition) is 1. The van der Waals surface area contributed by atoms with Gasteiger partial charge >= 0.3 is 0 Å². The van der Waals surface area contributed by atoms with Gasteiger partial charge in [0, 0.05) is 22.4 Å². The van der Waals surface area contributed by atoms with Crippen LogP contribution >= 0.6 is 0 Å². The smallest absolute Gasteiger partial charge is 0.255 e. The highest BCUT2D eigenvalue weighted by atomic mass is 16.1.